The van der Waals surface area contributed by atoms with Crippen molar-refractivity contribution in [1.82, 2.24) is 0 Å². The van der Waals surface area contributed by atoms with E-state index in [-0.39, 0.29) is 11.9 Å². The summed E-state index contributed by atoms with van der Waals surface area (Å²) in [7, 11) is 3.34. The Labute approximate surface area is 232 Å². The molecule has 2 aliphatic heterocycles. The van der Waals surface area contributed by atoms with Crippen molar-refractivity contribution in [3.63, 3.8) is 0 Å². The Kier molecular flexibility index (Phi) is 7.86. The molecule has 0 fully saturated rings. The molecule has 6 rings (SSSR count). The molecule has 0 radical (unpaired) electrons. The Morgan fingerprint density at radius 3 is 2.45 bits per heavy atom. The van der Waals surface area contributed by atoms with Gasteiger partial charge in [-0.1, -0.05) is 30.3 Å². The number of hydrogen-bond acceptors (Lipinski definition) is 5. The topological polar surface area (TPSA) is 144 Å². The second-order valence-electron chi connectivity index (χ2n) is 9.28. The molecule has 40 heavy (non-hydrogen) atoms. The average molecular weight is 542 g/mol. The number of ether oxygens (including phenoxy) is 4. The fourth-order valence-electron chi connectivity index (χ4n) is 4.88. The van der Waals surface area contributed by atoms with Crippen LogP contribution in [0.25, 0.3) is 22.0 Å². The summed E-state index contributed by atoms with van der Waals surface area (Å²) in [5.41, 5.74) is 20.6. The lowest BCUT2D eigenvalue weighted by Crippen LogP contribution is -2.40. The van der Waals surface area contributed by atoms with E-state index in [1.807, 2.05) is 36.4 Å². The van der Waals surface area contributed by atoms with Crippen molar-refractivity contribution in [3.8, 4) is 34.3 Å². The molecule has 0 unspecified atom stereocenters. The van der Waals surface area contributed by atoms with Gasteiger partial charge in [-0.25, -0.2) is 0 Å². The third kappa shape index (κ3) is 5.70. The van der Waals surface area contributed by atoms with E-state index < -0.39 is 0 Å². The van der Waals surface area contributed by atoms with Gasteiger partial charge in [-0.2, -0.15) is 9.56 Å². The molecule has 0 saturated heterocycles. The predicted molar refractivity (Wildman–Crippen MR) is 155 cm³/mol. The van der Waals surface area contributed by atoms with Gasteiger partial charge in [0.2, 0.25) is 18.4 Å². The maximum atomic E-state index is 5.60. The van der Waals surface area contributed by atoms with Gasteiger partial charge in [0.25, 0.3) is 0 Å². The lowest BCUT2D eigenvalue weighted by atomic mass is 9.95. The summed E-state index contributed by atoms with van der Waals surface area (Å²) in [5.74, 6) is 3.22. The lowest BCUT2D eigenvalue weighted by Gasteiger charge is -2.17. The highest BCUT2D eigenvalue weighted by molar-refractivity contribution is 5.92. The van der Waals surface area contributed by atoms with Crippen LogP contribution in [0.2, 0.25) is 0 Å². The van der Waals surface area contributed by atoms with Gasteiger partial charge in [0, 0.05) is 19.0 Å². The molecule has 10 nitrogen and oxygen atoms in total. The Balaban J connectivity index is 0.000000186. The van der Waals surface area contributed by atoms with Crippen LogP contribution in [-0.4, -0.2) is 39.5 Å². The van der Waals surface area contributed by atoms with Crippen molar-refractivity contribution in [2.24, 2.45) is 27.2 Å². The van der Waals surface area contributed by atoms with Gasteiger partial charge in [-0.15, -0.1) is 0 Å². The summed E-state index contributed by atoms with van der Waals surface area (Å²) in [5, 5.41) is 2.17. The van der Waals surface area contributed by atoms with Crippen LogP contribution in [0.3, 0.4) is 0 Å². The molecule has 3 heterocycles. The van der Waals surface area contributed by atoms with Crippen molar-refractivity contribution in [2.75, 3.05) is 27.6 Å². The van der Waals surface area contributed by atoms with Crippen LogP contribution in [0.15, 0.2) is 76.8 Å². The molecule has 3 aromatic carbocycles. The first-order valence-electron chi connectivity index (χ1n) is 12.9. The van der Waals surface area contributed by atoms with Gasteiger partial charge in [0.05, 0.1) is 25.2 Å². The number of rotatable bonds is 5. The third-order valence-corrected chi connectivity index (χ3v) is 6.76. The van der Waals surface area contributed by atoms with Crippen molar-refractivity contribution >= 4 is 22.7 Å². The molecule has 0 bridgehead atoms. The zero-order chi connectivity index (χ0) is 28.1. The number of fused-ring (bicyclic) bond motifs is 5. The van der Waals surface area contributed by atoms with Gasteiger partial charge in [-0.05, 0) is 47.2 Å². The number of nitrogens with two attached hydrogens (primary N) is 3. The van der Waals surface area contributed by atoms with Crippen molar-refractivity contribution in [2.45, 2.75) is 19.4 Å². The van der Waals surface area contributed by atoms with Gasteiger partial charge < -0.3 is 36.1 Å². The summed E-state index contributed by atoms with van der Waals surface area (Å²) in [4.78, 5) is 7.62. The van der Waals surface area contributed by atoms with Gasteiger partial charge in [0.15, 0.2) is 41.7 Å². The highest BCUT2D eigenvalue weighted by Gasteiger charge is 2.28. The second-order valence-corrected chi connectivity index (χ2v) is 9.28. The Morgan fingerprint density at radius 1 is 0.950 bits per heavy atom. The van der Waals surface area contributed by atoms with E-state index >= 15 is 0 Å². The minimum absolute atomic E-state index is 0.0732. The van der Waals surface area contributed by atoms with E-state index in [0.717, 1.165) is 53.2 Å². The predicted octanol–water partition coefficient (Wildman–Crippen LogP) is 2.91. The second kappa shape index (κ2) is 11.8. The number of aryl methyl sites for hydroxylation is 2. The molecule has 6 N–H and O–H groups in total. The maximum Gasteiger partial charge on any atom is 0.231 e. The largest absolute Gasteiger partial charge is 0.493 e. The van der Waals surface area contributed by atoms with E-state index in [0.29, 0.717) is 13.3 Å². The van der Waals surface area contributed by atoms with E-state index in [9.17, 15) is 0 Å². The number of benzene rings is 3. The zero-order valence-corrected chi connectivity index (χ0v) is 22.6. The van der Waals surface area contributed by atoms with Crippen LogP contribution in [0, 0.1) is 0 Å². The zero-order valence-electron chi connectivity index (χ0n) is 22.6. The van der Waals surface area contributed by atoms with E-state index in [2.05, 4.69) is 45.0 Å². The fourth-order valence-corrected chi connectivity index (χ4v) is 4.88. The average Bonchev–Trinajstić information content (AvgIpc) is 3.42. The van der Waals surface area contributed by atoms with Gasteiger partial charge in [-0.3, -0.25) is 4.99 Å². The van der Waals surface area contributed by atoms with Crippen molar-refractivity contribution in [1.29, 1.82) is 0 Å². The number of methoxy groups -OCH3 is 2. The quantitative estimate of drug-likeness (QED) is 0.200. The molecule has 4 aromatic rings. The number of guanidine groups is 2. The van der Waals surface area contributed by atoms with E-state index in [1.54, 1.807) is 14.2 Å². The minimum atomic E-state index is -0.0732. The summed E-state index contributed by atoms with van der Waals surface area (Å²) in [6.07, 6.45) is 3.93. The van der Waals surface area contributed by atoms with Crippen LogP contribution in [0.5, 0.6) is 23.0 Å². The Bertz CT molecular complexity index is 1580. The molecule has 0 atom stereocenters. The summed E-state index contributed by atoms with van der Waals surface area (Å²) in [6.45, 7) is 1.79. The first kappa shape index (κ1) is 26.6. The van der Waals surface area contributed by atoms with Crippen molar-refractivity contribution in [3.05, 3.63) is 78.0 Å². The molecule has 0 saturated carbocycles. The summed E-state index contributed by atoms with van der Waals surface area (Å²) in [6, 6.07) is 20.4. The SMILES string of the molecule is COc1ccc2cc3[n+](cc2c1OC)CCc1cc2c(cc1-3)OCO2.NC(N)=NC(N)=NCCc1ccccc1. The standard InChI is InChI=1S/C20H18NO4.C10H15N5/c1-22-17-4-3-12-7-16-14-9-19-18(24-11-25-19)8-13(14)5-6-21(16)10-15(12)20(17)23-2;11-9(12)15-10(13)14-7-6-8-4-2-1-3-5-8/h3-4,7-10H,5-6,11H2,1-2H3;1-5H,6-7H2,(H6,11,12,13,14,15)/q+1;. The molecule has 10 heteroatoms. The lowest BCUT2D eigenvalue weighted by molar-refractivity contribution is -0.686. The molecule has 1 aromatic heterocycles. The van der Waals surface area contributed by atoms with Crippen LogP contribution in [0.1, 0.15) is 11.1 Å². The third-order valence-electron chi connectivity index (χ3n) is 6.76. The Morgan fingerprint density at radius 2 is 1.73 bits per heavy atom. The fraction of sp³-hybridized carbons (Fsp3) is 0.233. The molecule has 2 aliphatic rings. The number of pyridine rings is 1. The molecule has 0 aliphatic carbocycles. The van der Waals surface area contributed by atoms with Crippen LogP contribution >= 0.6 is 0 Å². The monoisotopic (exact) mass is 541 g/mol. The summed E-state index contributed by atoms with van der Waals surface area (Å²) >= 11 is 0. The Hall–Kier alpha value is -4.99. The highest BCUT2D eigenvalue weighted by atomic mass is 16.7. The van der Waals surface area contributed by atoms with Crippen LogP contribution in [0.4, 0.5) is 0 Å². The molecule has 0 amide bonds. The van der Waals surface area contributed by atoms with E-state index in [1.165, 1.54) is 22.4 Å². The van der Waals surface area contributed by atoms with Gasteiger partial charge in [0.1, 0.15) is 0 Å². The van der Waals surface area contributed by atoms with Crippen LogP contribution in [-0.2, 0) is 19.4 Å². The molecular weight excluding hydrogens is 508 g/mol. The number of aliphatic imine (C=N–C) groups is 2. The molecular formula is C30H33N6O4+. The molecule has 206 valence electrons. The van der Waals surface area contributed by atoms with Gasteiger partial charge >= 0.3 is 0 Å². The number of hydrogen-bond donors (Lipinski definition) is 3. The number of aromatic nitrogens is 1. The maximum absolute atomic E-state index is 5.60. The normalized spacial score (nSPS) is 13.0. The highest BCUT2D eigenvalue weighted by Crippen LogP contribution is 2.41. The number of nitrogens with zero attached hydrogens (tertiary/aromatic N) is 3. The minimum Gasteiger partial charge on any atom is -0.493 e. The molecule has 0 spiro atoms. The van der Waals surface area contributed by atoms with E-state index in [4.69, 9.17) is 36.1 Å². The smallest absolute Gasteiger partial charge is 0.231 e. The first-order valence-corrected chi connectivity index (χ1v) is 12.9. The van der Waals surface area contributed by atoms with Crippen molar-refractivity contribution < 1.29 is 23.5 Å². The summed E-state index contributed by atoms with van der Waals surface area (Å²) < 4.78 is 24.4. The first-order chi connectivity index (χ1) is 19.5. The van der Waals surface area contributed by atoms with Crippen LogP contribution < -0.4 is 40.7 Å².